The number of nitrogens with one attached hydrogen (secondary N) is 1. The molecule has 1 rings (SSSR count). The molecular weight excluding hydrogens is 262 g/mol. The molecule has 0 heterocycles. The molecule has 18 heavy (non-hydrogen) atoms. The van der Waals surface area contributed by atoms with Crippen LogP contribution in [0.15, 0.2) is 12.1 Å². The van der Waals surface area contributed by atoms with Crippen LogP contribution < -0.4 is 11.1 Å². The highest BCUT2D eigenvalue weighted by Gasteiger charge is 2.18. The molecular formula is C12H15ClF2N2O. The highest BCUT2D eigenvalue weighted by Crippen LogP contribution is 2.26. The monoisotopic (exact) mass is 276 g/mol. The zero-order valence-corrected chi connectivity index (χ0v) is 10.9. The lowest BCUT2D eigenvalue weighted by molar-refractivity contribution is -0.117. The highest BCUT2D eigenvalue weighted by molar-refractivity contribution is 6.33. The van der Waals surface area contributed by atoms with Crippen molar-refractivity contribution in [2.45, 2.75) is 26.3 Å². The molecule has 100 valence electrons. The molecule has 0 spiro atoms. The van der Waals surface area contributed by atoms with Crippen molar-refractivity contribution in [3.8, 4) is 0 Å². The Balaban J connectivity index is 2.82. The number of hydrogen-bond acceptors (Lipinski definition) is 2. The second-order valence-corrected chi connectivity index (χ2v) is 4.88. The number of anilines is 1. The van der Waals surface area contributed by atoms with Gasteiger partial charge in [0.05, 0.1) is 16.8 Å². The largest absolute Gasteiger partial charge is 0.321 e. The molecule has 0 aliphatic heterocycles. The fourth-order valence-electron chi connectivity index (χ4n) is 1.49. The minimum Gasteiger partial charge on any atom is -0.321 e. The van der Waals surface area contributed by atoms with Gasteiger partial charge in [0.1, 0.15) is 5.82 Å². The third-order valence-corrected chi connectivity index (χ3v) is 2.62. The predicted molar refractivity (Wildman–Crippen MR) is 67.4 cm³/mol. The van der Waals surface area contributed by atoms with Crippen molar-refractivity contribution >= 4 is 23.2 Å². The third kappa shape index (κ3) is 3.92. The van der Waals surface area contributed by atoms with Gasteiger partial charge in [0.25, 0.3) is 0 Å². The lowest BCUT2D eigenvalue weighted by atomic mass is 10.0. The van der Waals surface area contributed by atoms with Gasteiger partial charge in [0.15, 0.2) is 5.82 Å². The first-order valence-electron chi connectivity index (χ1n) is 5.52. The number of carbonyl (C=O) groups excluding carboxylic acids is 1. The summed E-state index contributed by atoms with van der Waals surface area (Å²) < 4.78 is 26.2. The minimum absolute atomic E-state index is 0.197. The van der Waals surface area contributed by atoms with Gasteiger partial charge in [-0.2, -0.15) is 0 Å². The summed E-state index contributed by atoms with van der Waals surface area (Å²) in [5.41, 5.74) is 5.40. The Labute approximate surface area is 109 Å². The van der Waals surface area contributed by atoms with Crippen molar-refractivity contribution < 1.29 is 13.6 Å². The molecule has 0 bridgehead atoms. The first kappa shape index (κ1) is 14.9. The Morgan fingerprint density at radius 1 is 1.44 bits per heavy atom. The average Bonchev–Trinajstić information content (AvgIpc) is 2.21. The molecule has 1 aromatic rings. The van der Waals surface area contributed by atoms with Crippen LogP contribution in [0.3, 0.4) is 0 Å². The zero-order valence-electron chi connectivity index (χ0n) is 10.1. The summed E-state index contributed by atoms with van der Waals surface area (Å²) in [6.07, 6.45) is 0.465. The molecule has 0 aliphatic rings. The van der Waals surface area contributed by atoms with E-state index in [1.807, 2.05) is 13.8 Å². The van der Waals surface area contributed by atoms with Gasteiger partial charge in [-0.05, 0) is 18.4 Å². The molecule has 1 atom stereocenters. The minimum atomic E-state index is -0.926. The lowest BCUT2D eigenvalue weighted by Gasteiger charge is -2.15. The van der Waals surface area contributed by atoms with Crippen LogP contribution in [0, 0.1) is 17.6 Å². The molecule has 0 aromatic heterocycles. The number of rotatable bonds is 4. The summed E-state index contributed by atoms with van der Waals surface area (Å²) in [7, 11) is 0. The second kappa shape index (κ2) is 6.11. The van der Waals surface area contributed by atoms with Crippen LogP contribution in [0.5, 0.6) is 0 Å². The molecule has 3 N–H and O–H groups in total. The normalized spacial score (nSPS) is 12.6. The smallest absolute Gasteiger partial charge is 0.241 e. The molecule has 0 unspecified atom stereocenters. The molecule has 6 heteroatoms. The van der Waals surface area contributed by atoms with E-state index in [2.05, 4.69) is 5.32 Å². The van der Waals surface area contributed by atoms with E-state index in [4.69, 9.17) is 17.3 Å². The zero-order chi connectivity index (χ0) is 13.9. The maximum Gasteiger partial charge on any atom is 0.241 e. The van der Waals surface area contributed by atoms with Crippen molar-refractivity contribution in [1.29, 1.82) is 0 Å². The Kier molecular flexibility index (Phi) is 5.04. The van der Waals surface area contributed by atoms with E-state index in [-0.39, 0.29) is 16.6 Å². The Morgan fingerprint density at radius 3 is 2.56 bits per heavy atom. The number of amides is 1. The third-order valence-electron chi connectivity index (χ3n) is 2.32. The van der Waals surface area contributed by atoms with E-state index in [1.54, 1.807) is 0 Å². The topological polar surface area (TPSA) is 55.1 Å². The number of hydrogen-bond donors (Lipinski definition) is 2. The number of carbonyl (C=O) groups is 1. The van der Waals surface area contributed by atoms with E-state index in [1.165, 1.54) is 0 Å². The van der Waals surface area contributed by atoms with Gasteiger partial charge in [-0.15, -0.1) is 0 Å². The molecule has 1 aromatic carbocycles. The average molecular weight is 277 g/mol. The van der Waals surface area contributed by atoms with E-state index < -0.39 is 23.6 Å². The van der Waals surface area contributed by atoms with Crippen LogP contribution in [0.2, 0.25) is 5.02 Å². The van der Waals surface area contributed by atoms with Crippen molar-refractivity contribution in [1.82, 2.24) is 0 Å². The van der Waals surface area contributed by atoms with Gasteiger partial charge in [-0.25, -0.2) is 8.78 Å². The lowest BCUT2D eigenvalue weighted by Crippen LogP contribution is -2.37. The summed E-state index contributed by atoms with van der Waals surface area (Å²) in [4.78, 5) is 11.7. The Bertz CT molecular complexity index is 429. The van der Waals surface area contributed by atoms with E-state index >= 15 is 0 Å². The first-order chi connectivity index (χ1) is 8.31. The Hall–Kier alpha value is -1.20. The molecule has 1 amide bonds. The van der Waals surface area contributed by atoms with E-state index in [9.17, 15) is 13.6 Å². The molecule has 0 radical (unpaired) electrons. The van der Waals surface area contributed by atoms with Gasteiger partial charge < -0.3 is 11.1 Å². The van der Waals surface area contributed by atoms with Crippen molar-refractivity contribution in [3.63, 3.8) is 0 Å². The molecule has 0 saturated carbocycles. The number of benzene rings is 1. The SMILES string of the molecule is CC(C)C[C@@H](N)C(=O)Nc1c(F)cc(F)cc1Cl. The molecule has 3 nitrogen and oxygen atoms in total. The van der Waals surface area contributed by atoms with Gasteiger partial charge in [-0.1, -0.05) is 25.4 Å². The maximum atomic E-state index is 13.4. The summed E-state index contributed by atoms with van der Waals surface area (Å²) >= 11 is 5.65. The molecule has 0 aliphatic carbocycles. The molecule has 0 fully saturated rings. The Morgan fingerprint density at radius 2 is 2.06 bits per heavy atom. The van der Waals surface area contributed by atoms with E-state index in [0.717, 1.165) is 6.07 Å². The fraction of sp³-hybridized carbons (Fsp3) is 0.417. The van der Waals surface area contributed by atoms with Crippen molar-refractivity contribution in [2.24, 2.45) is 11.7 Å². The standard InChI is InChI=1S/C12H15ClF2N2O/c1-6(2)3-10(16)12(18)17-11-8(13)4-7(14)5-9(11)15/h4-6,10H,3,16H2,1-2H3,(H,17,18)/t10-/m1/s1. The van der Waals surface area contributed by atoms with Crippen LogP contribution in [0.4, 0.5) is 14.5 Å². The second-order valence-electron chi connectivity index (χ2n) is 4.47. The quantitative estimate of drug-likeness (QED) is 0.888. The first-order valence-corrected chi connectivity index (χ1v) is 5.90. The molecule has 0 saturated heterocycles. The van der Waals surface area contributed by atoms with Crippen LogP contribution in [-0.2, 0) is 4.79 Å². The van der Waals surface area contributed by atoms with Crippen LogP contribution in [0.1, 0.15) is 20.3 Å². The van der Waals surface area contributed by atoms with Gasteiger partial charge in [0, 0.05) is 6.07 Å². The summed E-state index contributed by atoms with van der Waals surface area (Å²) in [6, 6.07) is 0.814. The maximum absolute atomic E-state index is 13.4. The summed E-state index contributed by atoms with van der Waals surface area (Å²) in [5.74, 6) is -2.04. The number of nitrogens with two attached hydrogens (primary N) is 1. The van der Waals surface area contributed by atoms with Crippen molar-refractivity contribution in [2.75, 3.05) is 5.32 Å². The van der Waals surface area contributed by atoms with Gasteiger partial charge in [0.2, 0.25) is 5.91 Å². The van der Waals surface area contributed by atoms with Crippen LogP contribution in [-0.4, -0.2) is 11.9 Å². The van der Waals surface area contributed by atoms with Gasteiger partial charge in [-0.3, -0.25) is 4.79 Å². The predicted octanol–water partition coefficient (Wildman–Crippen LogP) is 2.93. The van der Waals surface area contributed by atoms with E-state index in [0.29, 0.717) is 12.5 Å². The van der Waals surface area contributed by atoms with Gasteiger partial charge >= 0.3 is 0 Å². The van der Waals surface area contributed by atoms with Crippen LogP contribution in [0.25, 0.3) is 0 Å². The summed E-state index contributed by atoms with van der Waals surface area (Å²) in [6.45, 7) is 3.83. The highest BCUT2D eigenvalue weighted by atomic mass is 35.5. The number of halogens is 3. The van der Waals surface area contributed by atoms with Crippen molar-refractivity contribution in [3.05, 3.63) is 28.8 Å². The van der Waals surface area contributed by atoms with Crippen LogP contribution >= 0.6 is 11.6 Å². The summed E-state index contributed by atoms with van der Waals surface area (Å²) in [5, 5.41) is 2.08. The fourth-order valence-corrected chi connectivity index (χ4v) is 1.73.